The number of aromatic nitrogens is 2. The van der Waals surface area contributed by atoms with Crippen LogP contribution in [0.2, 0.25) is 0 Å². The lowest BCUT2D eigenvalue weighted by Crippen LogP contribution is -2.34. The molecule has 0 atom stereocenters. The van der Waals surface area contributed by atoms with Gasteiger partial charge in [0.15, 0.2) is 0 Å². The van der Waals surface area contributed by atoms with Gasteiger partial charge in [0.1, 0.15) is 5.69 Å². The summed E-state index contributed by atoms with van der Waals surface area (Å²) in [7, 11) is 1.73. The molecular weight excluding hydrogens is 246 g/mol. The normalized spacial score (nSPS) is 16.5. The first-order valence-electron chi connectivity index (χ1n) is 6.74. The zero-order valence-electron chi connectivity index (χ0n) is 11.6. The minimum absolute atomic E-state index is 0.0844. The van der Waals surface area contributed by atoms with Crippen molar-refractivity contribution in [1.82, 2.24) is 14.7 Å². The Hall–Kier alpha value is -1.63. The van der Waals surface area contributed by atoms with Crippen molar-refractivity contribution in [2.24, 2.45) is 7.05 Å². The van der Waals surface area contributed by atoms with Crippen molar-refractivity contribution in [3.8, 4) is 0 Å². The Morgan fingerprint density at radius 2 is 2.05 bits per heavy atom. The Balaban J connectivity index is 1.93. The number of nitrogens with one attached hydrogen (secondary N) is 1. The Bertz CT molecular complexity index is 451. The molecule has 7 nitrogen and oxygen atoms in total. The molecule has 0 bridgehead atoms. The average molecular weight is 267 g/mol. The minimum atomic E-state index is -0.369. The minimum Gasteiger partial charge on any atom is -0.363 e. The molecule has 106 valence electrons. The van der Waals surface area contributed by atoms with Crippen LogP contribution >= 0.6 is 0 Å². The van der Waals surface area contributed by atoms with Crippen LogP contribution in [0.25, 0.3) is 0 Å². The standard InChI is InChI=1S/C12H21N5O2/c1-10-11(17(18)19)12(15(2)14-10)13-6-9-16-7-4-3-5-8-16/h13H,3-9H2,1-2H3. The summed E-state index contributed by atoms with van der Waals surface area (Å²) in [6.07, 6.45) is 3.83. The maximum Gasteiger partial charge on any atom is 0.333 e. The average Bonchev–Trinajstić information content (AvgIpc) is 2.65. The molecule has 2 rings (SSSR count). The van der Waals surface area contributed by atoms with Gasteiger partial charge in [-0.05, 0) is 32.9 Å². The number of hydrogen-bond acceptors (Lipinski definition) is 5. The number of nitro groups is 1. The number of anilines is 1. The lowest BCUT2D eigenvalue weighted by atomic mass is 10.1. The highest BCUT2D eigenvalue weighted by atomic mass is 16.6. The molecule has 1 aliphatic rings. The third kappa shape index (κ3) is 3.23. The van der Waals surface area contributed by atoms with Crippen molar-refractivity contribution in [3.63, 3.8) is 0 Å². The van der Waals surface area contributed by atoms with E-state index in [1.807, 2.05) is 0 Å². The quantitative estimate of drug-likeness (QED) is 0.647. The molecule has 0 aliphatic carbocycles. The van der Waals surface area contributed by atoms with Gasteiger partial charge in [-0.15, -0.1) is 0 Å². The van der Waals surface area contributed by atoms with Gasteiger partial charge in [-0.2, -0.15) is 5.10 Å². The van der Waals surface area contributed by atoms with E-state index in [4.69, 9.17) is 0 Å². The van der Waals surface area contributed by atoms with Crippen LogP contribution in [0.15, 0.2) is 0 Å². The topological polar surface area (TPSA) is 76.2 Å². The van der Waals surface area contributed by atoms with Gasteiger partial charge in [0.25, 0.3) is 0 Å². The van der Waals surface area contributed by atoms with Crippen LogP contribution in [0.3, 0.4) is 0 Å². The van der Waals surface area contributed by atoms with E-state index in [0.29, 0.717) is 18.1 Å². The fourth-order valence-electron chi connectivity index (χ4n) is 2.58. The molecule has 0 radical (unpaired) electrons. The summed E-state index contributed by atoms with van der Waals surface area (Å²) in [5, 5.41) is 18.3. The van der Waals surface area contributed by atoms with Crippen LogP contribution < -0.4 is 5.32 Å². The molecule has 1 saturated heterocycles. The summed E-state index contributed by atoms with van der Waals surface area (Å²) < 4.78 is 1.55. The third-order valence-electron chi connectivity index (χ3n) is 3.54. The molecular formula is C12H21N5O2. The van der Waals surface area contributed by atoms with Gasteiger partial charge in [-0.3, -0.25) is 10.1 Å². The molecule has 1 aliphatic heterocycles. The number of aryl methyl sites for hydroxylation is 2. The van der Waals surface area contributed by atoms with Gasteiger partial charge in [-0.25, -0.2) is 4.68 Å². The van der Waals surface area contributed by atoms with Gasteiger partial charge in [0.2, 0.25) is 5.82 Å². The second-order valence-electron chi connectivity index (χ2n) is 4.99. The van der Waals surface area contributed by atoms with E-state index in [9.17, 15) is 10.1 Å². The van der Waals surface area contributed by atoms with Gasteiger partial charge in [0.05, 0.1) is 4.92 Å². The first kappa shape index (κ1) is 13.8. The molecule has 0 unspecified atom stereocenters. The molecule has 0 amide bonds. The van der Waals surface area contributed by atoms with Crippen LogP contribution in [0.4, 0.5) is 11.5 Å². The van der Waals surface area contributed by atoms with Crippen LogP contribution in [0.1, 0.15) is 25.0 Å². The lowest BCUT2D eigenvalue weighted by molar-refractivity contribution is -0.384. The first-order chi connectivity index (χ1) is 9.09. The fraction of sp³-hybridized carbons (Fsp3) is 0.750. The summed E-state index contributed by atoms with van der Waals surface area (Å²) in [5.41, 5.74) is 0.536. The number of hydrogen-bond donors (Lipinski definition) is 1. The Kier molecular flexibility index (Phi) is 4.36. The summed E-state index contributed by atoms with van der Waals surface area (Å²) in [6, 6.07) is 0. The van der Waals surface area contributed by atoms with E-state index in [0.717, 1.165) is 19.6 Å². The summed E-state index contributed by atoms with van der Waals surface area (Å²) >= 11 is 0. The molecule has 1 N–H and O–H groups in total. The largest absolute Gasteiger partial charge is 0.363 e. The molecule has 1 fully saturated rings. The molecule has 0 aromatic carbocycles. The third-order valence-corrected chi connectivity index (χ3v) is 3.54. The Labute approximate surface area is 112 Å². The van der Waals surface area contributed by atoms with Crippen molar-refractivity contribution in [2.75, 3.05) is 31.5 Å². The van der Waals surface area contributed by atoms with Crippen LogP contribution in [0.5, 0.6) is 0 Å². The van der Waals surface area contributed by atoms with Crippen molar-refractivity contribution < 1.29 is 4.92 Å². The summed E-state index contributed by atoms with van der Waals surface area (Å²) in [5.74, 6) is 0.500. The second kappa shape index (κ2) is 6.01. The van der Waals surface area contributed by atoms with E-state index >= 15 is 0 Å². The molecule has 0 saturated carbocycles. The molecule has 0 spiro atoms. The first-order valence-corrected chi connectivity index (χ1v) is 6.74. The highest BCUT2D eigenvalue weighted by molar-refractivity contribution is 5.59. The number of piperidine rings is 1. The van der Waals surface area contributed by atoms with Crippen molar-refractivity contribution >= 4 is 11.5 Å². The van der Waals surface area contributed by atoms with Gasteiger partial charge >= 0.3 is 5.69 Å². The van der Waals surface area contributed by atoms with Crippen LogP contribution in [-0.4, -0.2) is 45.8 Å². The van der Waals surface area contributed by atoms with Gasteiger partial charge < -0.3 is 10.2 Å². The zero-order valence-corrected chi connectivity index (χ0v) is 11.6. The highest BCUT2D eigenvalue weighted by Crippen LogP contribution is 2.26. The highest BCUT2D eigenvalue weighted by Gasteiger charge is 2.23. The molecule has 19 heavy (non-hydrogen) atoms. The van der Waals surface area contributed by atoms with E-state index in [1.54, 1.807) is 18.7 Å². The molecule has 1 aromatic rings. The summed E-state index contributed by atoms with van der Waals surface area (Å²) in [6.45, 7) is 5.55. The molecule has 1 aromatic heterocycles. The number of likely N-dealkylation sites (tertiary alicyclic amines) is 1. The monoisotopic (exact) mass is 267 g/mol. The summed E-state index contributed by atoms with van der Waals surface area (Å²) in [4.78, 5) is 13.0. The Morgan fingerprint density at radius 3 is 2.68 bits per heavy atom. The number of nitrogens with zero attached hydrogens (tertiary/aromatic N) is 4. The van der Waals surface area contributed by atoms with Crippen molar-refractivity contribution in [3.05, 3.63) is 15.8 Å². The smallest absolute Gasteiger partial charge is 0.333 e. The fourth-order valence-corrected chi connectivity index (χ4v) is 2.58. The molecule has 2 heterocycles. The maximum atomic E-state index is 11.0. The van der Waals surface area contributed by atoms with Crippen molar-refractivity contribution in [2.45, 2.75) is 26.2 Å². The van der Waals surface area contributed by atoms with E-state index < -0.39 is 0 Å². The predicted molar refractivity (Wildman–Crippen MR) is 73.4 cm³/mol. The molecule has 7 heteroatoms. The van der Waals surface area contributed by atoms with Crippen molar-refractivity contribution in [1.29, 1.82) is 0 Å². The van der Waals surface area contributed by atoms with E-state index in [2.05, 4.69) is 15.3 Å². The van der Waals surface area contributed by atoms with Crippen LogP contribution in [-0.2, 0) is 7.05 Å². The maximum absolute atomic E-state index is 11.0. The second-order valence-corrected chi connectivity index (χ2v) is 4.99. The SMILES string of the molecule is Cc1nn(C)c(NCCN2CCCCC2)c1[N+](=O)[O-]. The predicted octanol–water partition coefficient (Wildman–Crippen LogP) is 1.53. The Morgan fingerprint density at radius 1 is 1.37 bits per heavy atom. The number of rotatable bonds is 5. The zero-order chi connectivity index (χ0) is 13.8. The lowest BCUT2D eigenvalue weighted by Gasteiger charge is -2.26. The van der Waals surface area contributed by atoms with Gasteiger partial charge in [-0.1, -0.05) is 6.42 Å². The van der Waals surface area contributed by atoms with E-state index in [-0.39, 0.29) is 10.6 Å². The van der Waals surface area contributed by atoms with Gasteiger partial charge in [0, 0.05) is 20.1 Å². The van der Waals surface area contributed by atoms with Crippen LogP contribution in [0, 0.1) is 17.0 Å². The van der Waals surface area contributed by atoms with E-state index in [1.165, 1.54) is 19.3 Å².